The summed E-state index contributed by atoms with van der Waals surface area (Å²) in [5.41, 5.74) is 2.27. The Morgan fingerprint density at radius 3 is 1.75 bits per heavy atom. The van der Waals surface area contributed by atoms with Crippen LogP contribution in [0.4, 0.5) is 4.39 Å². The van der Waals surface area contributed by atoms with E-state index in [1.165, 1.54) is 17.7 Å². The van der Waals surface area contributed by atoms with Gasteiger partial charge in [0, 0.05) is 12.1 Å². The van der Waals surface area contributed by atoms with Gasteiger partial charge in [-0.3, -0.25) is 0 Å². The van der Waals surface area contributed by atoms with Crippen molar-refractivity contribution >= 4 is 0 Å². The van der Waals surface area contributed by atoms with E-state index in [2.05, 4.69) is 19.2 Å². The highest BCUT2D eigenvalue weighted by molar-refractivity contribution is 5.29. The van der Waals surface area contributed by atoms with Gasteiger partial charge in [0.2, 0.25) is 0 Å². The molecule has 2 aromatic rings. The molecule has 0 aliphatic heterocycles. The lowest BCUT2D eigenvalue weighted by Crippen LogP contribution is -2.22. The van der Waals surface area contributed by atoms with E-state index in [0.717, 1.165) is 11.3 Å². The first-order chi connectivity index (χ1) is 9.60. The van der Waals surface area contributed by atoms with Crippen molar-refractivity contribution in [2.24, 2.45) is 0 Å². The molecule has 0 spiro atoms. The molecule has 0 aromatic heterocycles. The zero-order valence-corrected chi connectivity index (χ0v) is 12.1. The number of hydrogen-bond acceptors (Lipinski definition) is 2. The van der Waals surface area contributed by atoms with Crippen LogP contribution >= 0.6 is 0 Å². The third-order valence-corrected chi connectivity index (χ3v) is 3.49. The van der Waals surface area contributed by atoms with Gasteiger partial charge in [0.05, 0.1) is 7.11 Å². The van der Waals surface area contributed by atoms with Crippen LogP contribution in [0.3, 0.4) is 0 Å². The van der Waals surface area contributed by atoms with Crippen molar-refractivity contribution < 1.29 is 9.13 Å². The van der Waals surface area contributed by atoms with Gasteiger partial charge in [-0.1, -0.05) is 24.3 Å². The molecular weight excluding hydrogens is 253 g/mol. The van der Waals surface area contributed by atoms with Crippen molar-refractivity contribution in [1.82, 2.24) is 5.32 Å². The fraction of sp³-hybridized carbons (Fsp3) is 0.294. The summed E-state index contributed by atoms with van der Waals surface area (Å²) >= 11 is 0. The minimum Gasteiger partial charge on any atom is -0.497 e. The molecule has 20 heavy (non-hydrogen) atoms. The normalized spacial score (nSPS) is 13.8. The van der Waals surface area contributed by atoms with Gasteiger partial charge in [-0.25, -0.2) is 4.39 Å². The number of benzene rings is 2. The quantitative estimate of drug-likeness (QED) is 0.879. The molecular formula is C17H20FNO. The van der Waals surface area contributed by atoms with Crippen LogP contribution in [0.5, 0.6) is 5.75 Å². The van der Waals surface area contributed by atoms with E-state index in [4.69, 9.17) is 4.74 Å². The number of nitrogens with one attached hydrogen (secondary N) is 1. The highest BCUT2D eigenvalue weighted by Gasteiger charge is 2.11. The van der Waals surface area contributed by atoms with Crippen molar-refractivity contribution in [3.8, 4) is 5.75 Å². The second kappa shape index (κ2) is 6.53. The van der Waals surface area contributed by atoms with Crippen LogP contribution in [-0.2, 0) is 0 Å². The zero-order chi connectivity index (χ0) is 14.5. The summed E-state index contributed by atoms with van der Waals surface area (Å²) in [7, 11) is 1.66. The maximum absolute atomic E-state index is 12.9. The first-order valence-corrected chi connectivity index (χ1v) is 6.75. The Balaban J connectivity index is 2.02. The molecule has 1 N–H and O–H groups in total. The molecule has 0 amide bonds. The standard InChI is InChI=1S/C17H20FNO/c1-12(14-4-8-16(18)9-5-14)19-13(2)15-6-10-17(20-3)11-7-15/h4-13,19H,1-3H3/t12-,13?/m1/s1. The van der Waals surface area contributed by atoms with Crippen molar-refractivity contribution in [3.63, 3.8) is 0 Å². The average Bonchev–Trinajstić information content (AvgIpc) is 2.48. The minimum atomic E-state index is -0.204. The molecule has 2 rings (SSSR count). The lowest BCUT2D eigenvalue weighted by molar-refractivity contribution is 0.414. The van der Waals surface area contributed by atoms with Gasteiger partial charge in [-0.05, 0) is 49.2 Å². The molecule has 106 valence electrons. The van der Waals surface area contributed by atoms with Crippen LogP contribution in [0.15, 0.2) is 48.5 Å². The van der Waals surface area contributed by atoms with Gasteiger partial charge in [-0.15, -0.1) is 0 Å². The lowest BCUT2D eigenvalue weighted by Gasteiger charge is -2.21. The van der Waals surface area contributed by atoms with Gasteiger partial charge in [0.1, 0.15) is 11.6 Å². The molecule has 0 aliphatic rings. The largest absolute Gasteiger partial charge is 0.497 e. The summed E-state index contributed by atoms with van der Waals surface area (Å²) in [5.74, 6) is 0.650. The van der Waals surface area contributed by atoms with Crippen LogP contribution in [0, 0.1) is 5.82 Å². The maximum Gasteiger partial charge on any atom is 0.123 e. The topological polar surface area (TPSA) is 21.3 Å². The zero-order valence-electron chi connectivity index (χ0n) is 12.1. The number of ether oxygens (including phenoxy) is 1. The SMILES string of the molecule is COc1ccc(C(C)N[C@H](C)c2ccc(F)cc2)cc1. The summed E-state index contributed by atoms with van der Waals surface area (Å²) in [6.45, 7) is 4.19. The number of hydrogen-bond donors (Lipinski definition) is 1. The van der Waals surface area contributed by atoms with Gasteiger partial charge in [0.25, 0.3) is 0 Å². The predicted molar refractivity (Wildman–Crippen MR) is 79.4 cm³/mol. The summed E-state index contributed by atoms with van der Waals surface area (Å²) in [4.78, 5) is 0. The van der Waals surface area contributed by atoms with Crippen molar-refractivity contribution in [2.45, 2.75) is 25.9 Å². The first kappa shape index (κ1) is 14.5. The number of halogens is 1. The number of rotatable bonds is 5. The van der Waals surface area contributed by atoms with Crippen molar-refractivity contribution in [3.05, 3.63) is 65.5 Å². The highest BCUT2D eigenvalue weighted by atomic mass is 19.1. The fourth-order valence-electron chi connectivity index (χ4n) is 2.21. The van der Waals surface area contributed by atoms with E-state index in [1.807, 2.05) is 36.4 Å². The van der Waals surface area contributed by atoms with E-state index in [0.29, 0.717) is 0 Å². The predicted octanol–water partition coefficient (Wildman–Crippen LogP) is 4.25. The van der Waals surface area contributed by atoms with Crippen molar-refractivity contribution in [1.29, 1.82) is 0 Å². The Kier molecular flexibility index (Phi) is 4.74. The molecule has 0 saturated carbocycles. The van der Waals surface area contributed by atoms with E-state index in [-0.39, 0.29) is 17.9 Å². The molecule has 1 unspecified atom stereocenters. The molecule has 3 heteroatoms. The van der Waals surface area contributed by atoms with Crippen LogP contribution in [0.1, 0.15) is 37.1 Å². The summed E-state index contributed by atoms with van der Waals surface area (Å²) in [6, 6.07) is 15.0. The van der Waals surface area contributed by atoms with Crippen LogP contribution in [0.25, 0.3) is 0 Å². The van der Waals surface area contributed by atoms with Gasteiger partial charge >= 0.3 is 0 Å². The van der Waals surface area contributed by atoms with E-state index in [1.54, 1.807) is 7.11 Å². The molecule has 0 heterocycles. The number of methoxy groups -OCH3 is 1. The smallest absolute Gasteiger partial charge is 0.123 e. The third kappa shape index (κ3) is 3.58. The van der Waals surface area contributed by atoms with Gasteiger partial charge in [0.15, 0.2) is 0 Å². The van der Waals surface area contributed by atoms with E-state index in [9.17, 15) is 4.39 Å². The molecule has 0 saturated heterocycles. The molecule has 2 atom stereocenters. The fourth-order valence-corrected chi connectivity index (χ4v) is 2.21. The van der Waals surface area contributed by atoms with Crippen LogP contribution in [0.2, 0.25) is 0 Å². The molecule has 2 aromatic carbocycles. The van der Waals surface area contributed by atoms with Gasteiger partial charge in [-0.2, -0.15) is 0 Å². The average molecular weight is 273 g/mol. The van der Waals surface area contributed by atoms with Crippen LogP contribution < -0.4 is 10.1 Å². The summed E-state index contributed by atoms with van der Waals surface area (Å²) in [5, 5.41) is 3.51. The van der Waals surface area contributed by atoms with Gasteiger partial charge < -0.3 is 10.1 Å². The Bertz CT molecular complexity index is 536. The molecule has 2 nitrogen and oxygen atoms in total. The Hall–Kier alpha value is -1.87. The second-order valence-corrected chi connectivity index (χ2v) is 4.93. The Morgan fingerprint density at radius 2 is 1.30 bits per heavy atom. The first-order valence-electron chi connectivity index (χ1n) is 6.75. The Morgan fingerprint density at radius 1 is 0.850 bits per heavy atom. The minimum absolute atomic E-state index is 0.160. The van der Waals surface area contributed by atoms with E-state index >= 15 is 0 Å². The maximum atomic E-state index is 12.9. The summed E-state index contributed by atoms with van der Waals surface area (Å²) in [6.07, 6.45) is 0. The van der Waals surface area contributed by atoms with Crippen LogP contribution in [-0.4, -0.2) is 7.11 Å². The summed E-state index contributed by atoms with van der Waals surface area (Å²) < 4.78 is 18.1. The molecule has 0 radical (unpaired) electrons. The molecule has 0 fully saturated rings. The third-order valence-electron chi connectivity index (χ3n) is 3.49. The Labute approximate surface area is 119 Å². The monoisotopic (exact) mass is 273 g/mol. The second-order valence-electron chi connectivity index (χ2n) is 4.93. The highest BCUT2D eigenvalue weighted by Crippen LogP contribution is 2.21. The van der Waals surface area contributed by atoms with Crippen molar-refractivity contribution in [2.75, 3.05) is 7.11 Å². The molecule has 0 bridgehead atoms. The van der Waals surface area contributed by atoms with E-state index < -0.39 is 0 Å². The molecule has 0 aliphatic carbocycles. The lowest BCUT2D eigenvalue weighted by atomic mass is 10.0.